The van der Waals surface area contributed by atoms with E-state index in [2.05, 4.69) is 10.3 Å². The van der Waals surface area contributed by atoms with Crippen LogP contribution in [0.5, 0.6) is 11.5 Å². The molecule has 1 heterocycles. The highest BCUT2D eigenvalue weighted by molar-refractivity contribution is 7.80. The van der Waals surface area contributed by atoms with E-state index in [-0.39, 0.29) is 0 Å². The summed E-state index contributed by atoms with van der Waals surface area (Å²) in [6.45, 7) is 0.564. The molecule has 0 saturated heterocycles. The molecule has 110 valence electrons. The molecule has 2 rings (SSSR count). The first-order valence-corrected chi connectivity index (χ1v) is 6.75. The van der Waals surface area contributed by atoms with Crippen molar-refractivity contribution in [3.63, 3.8) is 0 Å². The van der Waals surface area contributed by atoms with Crippen LogP contribution in [0.3, 0.4) is 0 Å². The van der Waals surface area contributed by atoms with Crippen LogP contribution < -0.4 is 20.5 Å². The molecule has 0 atom stereocenters. The van der Waals surface area contributed by atoms with Crippen LogP contribution in [0.4, 0.5) is 5.69 Å². The topological polar surface area (TPSA) is 69.4 Å². The van der Waals surface area contributed by atoms with Gasteiger partial charge in [-0.2, -0.15) is 0 Å². The molecule has 1 aromatic carbocycles. The summed E-state index contributed by atoms with van der Waals surface area (Å²) in [4.78, 5) is 4.42. The predicted molar refractivity (Wildman–Crippen MR) is 87.0 cm³/mol. The number of benzene rings is 1. The summed E-state index contributed by atoms with van der Waals surface area (Å²) < 4.78 is 10.5. The zero-order chi connectivity index (χ0) is 15.2. The van der Waals surface area contributed by atoms with E-state index in [9.17, 15) is 0 Å². The number of thiocarbonyl (C=S) groups is 1. The van der Waals surface area contributed by atoms with Gasteiger partial charge in [0.2, 0.25) is 0 Å². The van der Waals surface area contributed by atoms with E-state index < -0.39 is 0 Å². The summed E-state index contributed by atoms with van der Waals surface area (Å²) in [5.41, 5.74) is 8.26. The molecule has 0 spiro atoms. The minimum Gasteiger partial charge on any atom is -0.497 e. The van der Waals surface area contributed by atoms with Gasteiger partial charge in [0.15, 0.2) is 0 Å². The van der Waals surface area contributed by atoms with Crippen molar-refractivity contribution in [2.24, 2.45) is 5.73 Å². The maximum atomic E-state index is 5.70. The van der Waals surface area contributed by atoms with Gasteiger partial charge in [-0.3, -0.25) is 4.98 Å². The lowest BCUT2D eigenvalue weighted by atomic mass is 10.1. The second-order valence-electron chi connectivity index (χ2n) is 4.32. The molecule has 3 N–H and O–H groups in total. The first-order valence-electron chi connectivity index (χ1n) is 6.34. The lowest BCUT2D eigenvalue weighted by Gasteiger charge is -2.13. The van der Waals surface area contributed by atoms with E-state index in [0.717, 1.165) is 28.3 Å². The third-order valence-corrected chi connectivity index (χ3v) is 3.27. The fraction of sp³-hybridized carbons (Fsp3) is 0.200. The molecule has 0 radical (unpaired) electrons. The van der Waals surface area contributed by atoms with Gasteiger partial charge < -0.3 is 20.5 Å². The van der Waals surface area contributed by atoms with Gasteiger partial charge >= 0.3 is 0 Å². The molecule has 0 bridgehead atoms. The van der Waals surface area contributed by atoms with Crippen LogP contribution in [0.15, 0.2) is 36.7 Å². The number of rotatable bonds is 6. The summed E-state index contributed by atoms with van der Waals surface area (Å²) in [5.74, 6) is 1.50. The molecule has 0 saturated carbocycles. The summed E-state index contributed by atoms with van der Waals surface area (Å²) in [5, 5.41) is 3.27. The number of pyridine rings is 1. The Morgan fingerprint density at radius 2 is 2.10 bits per heavy atom. The summed E-state index contributed by atoms with van der Waals surface area (Å²) in [6, 6.07) is 7.46. The van der Waals surface area contributed by atoms with E-state index in [1.165, 1.54) is 0 Å². The third-order valence-electron chi connectivity index (χ3n) is 3.05. The molecule has 0 aliphatic rings. The van der Waals surface area contributed by atoms with Crippen molar-refractivity contribution in [2.45, 2.75) is 6.54 Å². The highest BCUT2D eigenvalue weighted by atomic mass is 32.1. The number of nitrogens with one attached hydrogen (secondary N) is 1. The lowest BCUT2D eigenvalue weighted by molar-refractivity contribution is 0.391. The van der Waals surface area contributed by atoms with Crippen molar-refractivity contribution in [2.75, 3.05) is 19.5 Å². The van der Waals surface area contributed by atoms with Gasteiger partial charge in [-0.25, -0.2) is 0 Å². The Balaban J connectivity index is 2.19. The van der Waals surface area contributed by atoms with E-state index in [1.807, 2.05) is 18.2 Å². The Kier molecular flexibility index (Phi) is 4.94. The maximum absolute atomic E-state index is 5.70. The fourth-order valence-corrected chi connectivity index (χ4v) is 2.12. The number of nitrogens with zero attached hydrogens (tertiary/aromatic N) is 1. The van der Waals surface area contributed by atoms with Gasteiger partial charge in [0.05, 0.1) is 26.1 Å². The Bertz CT molecular complexity index is 647. The highest BCUT2D eigenvalue weighted by Crippen LogP contribution is 2.25. The summed E-state index contributed by atoms with van der Waals surface area (Å²) in [7, 11) is 3.25. The molecule has 2 aromatic rings. The van der Waals surface area contributed by atoms with Crippen molar-refractivity contribution >= 4 is 22.9 Å². The second kappa shape index (κ2) is 6.90. The van der Waals surface area contributed by atoms with Crippen LogP contribution >= 0.6 is 12.2 Å². The average Bonchev–Trinajstić information content (AvgIpc) is 2.52. The van der Waals surface area contributed by atoms with Crippen molar-refractivity contribution < 1.29 is 9.47 Å². The second-order valence-corrected chi connectivity index (χ2v) is 4.76. The predicted octanol–water partition coefficient (Wildman–Crippen LogP) is 2.35. The molecule has 21 heavy (non-hydrogen) atoms. The highest BCUT2D eigenvalue weighted by Gasteiger charge is 2.08. The monoisotopic (exact) mass is 303 g/mol. The van der Waals surface area contributed by atoms with Crippen LogP contribution in [-0.2, 0) is 6.54 Å². The zero-order valence-electron chi connectivity index (χ0n) is 11.9. The number of anilines is 1. The van der Waals surface area contributed by atoms with Gasteiger partial charge in [-0.05, 0) is 18.2 Å². The Labute approximate surface area is 129 Å². The van der Waals surface area contributed by atoms with E-state index in [1.54, 1.807) is 32.7 Å². The largest absolute Gasteiger partial charge is 0.497 e. The molecule has 1 aromatic heterocycles. The van der Waals surface area contributed by atoms with Crippen molar-refractivity contribution in [1.82, 2.24) is 4.98 Å². The van der Waals surface area contributed by atoms with Gasteiger partial charge in [0.25, 0.3) is 0 Å². The van der Waals surface area contributed by atoms with Crippen molar-refractivity contribution in [1.29, 1.82) is 0 Å². The fourth-order valence-electron chi connectivity index (χ4n) is 1.94. The Hall–Kier alpha value is -2.34. The minimum absolute atomic E-state index is 0.335. The molecule has 0 unspecified atom stereocenters. The smallest absolute Gasteiger partial charge is 0.127 e. The quantitative estimate of drug-likeness (QED) is 0.798. The number of ether oxygens (including phenoxy) is 2. The van der Waals surface area contributed by atoms with Crippen LogP contribution in [-0.4, -0.2) is 24.2 Å². The van der Waals surface area contributed by atoms with Gasteiger partial charge in [-0.15, -0.1) is 0 Å². The first-order chi connectivity index (χ1) is 10.2. The van der Waals surface area contributed by atoms with E-state index >= 15 is 0 Å². The van der Waals surface area contributed by atoms with Gasteiger partial charge in [0, 0.05) is 29.9 Å². The number of aromatic nitrogens is 1. The van der Waals surface area contributed by atoms with Crippen LogP contribution in [0.2, 0.25) is 0 Å². The van der Waals surface area contributed by atoms with Crippen LogP contribution in [0.25, 0.3) is 0 Å². The van der Waals surface area contributed by atoms with E-state index in [4.69, 9.17) is 27.4 Å². The van der Waals surface area contributed by atoms with Crippen LogP contribution in [0.1, 0.15) is 11.1 Å². The molecule has 0 aliphatic heterocycles. The maximum Gasteiger partial charge on any atom is 0.127 e. The van der Waals surface area contributed by atoms with Gasteiger partial charge in [0.1, 0.15) is 16.5 Å². The van der Waals surface area contributed by atoms with Crippen molar-refractivity contribution in [3.05, 3.63) is 47.8 Å². The minimum atomic E-state index is 0.335. The summed E-state index contributed by atoms with van der Waals surface area (Å²) >= 11 is 5.03. The number of nitrogens with two attached hydrogens (primary N) is 1. The Morgan fingerprint density at radius 1 is 1.29 bits per heavy atom. The molecule has 6 heteroatoms. The molecular formula is C15H17N3O2S. The number of methoxy groups -OCH3 is 2. The SMILES string of the molecule is COc1ccc(CNc2cnccc2C(N)=S)c(OC)c1. The molecule has 0 aliphatic carbocycles. The van der Waals surface area contributed by atoms with Gasteiger partial charge in [-0.1, -0.05) is 12.2 Å². The number of hydrogen-bond acceptors (Lipinski definition) is 5. The first kappa shape index (κ1) is 15.1. The standard InChI is InChI=1S/C15H17N3O2S/c1-19-11-4-3-10(14(7-11)20-2)8-18-13-9-17-6-5-12(13)15(16)21/h3-7,9,18H,8H2,1-2H3,(H2,16,21). The zero-order valence-corrected chi connectivity index (χ0v) is 12.7. The molecule has 0 fully saturated rings. The average molecular weight is 303 g/mol. The van der Waals surface area contributed by atoms with E-state index in [0.29, 0.717) is 11.5 Å². The van der Waals surface area contributed by atoms with Crippen molar-refractivity contribution in [3.8, 4) is 11.5 Å². The Morgan fingerprint density at radius 3 is 2.76 bits per heavy atom. The molecular weight excluding hydrogens is 286 g/mol. The third kappa shape index (κ3) is 3.61. The molecule has 5 nitrogen and oxygen atoms in total. The lowest BCUT2D eigenvalue weighted by Crippen LogP contribution is -2.13. The number of hydrogen-bond donors (Lipinski definition) is 2. The molecule has 0 amide bonds. The van der Waals surface area contributed by atoms with Crippen LogP contribution in [0, 0.1) is 0 Å². The summed E-state index contributed by atoms with van der Waals surface area (Å²) in [6.07, 6.45) is 3.36. The normalized spacial score (nSPS) is 10.0.